The Morgan fingerprint density at radius 3 is 2.95 bits per heavy atom. The Kier molecular flexibility index (Phi) is 4.80. The highest BCUT2D eigenvalue weighted by Gasteiger charge is 2.43. The van der Waals surface area contributed by atoms with Gasteiger partial charge in [-0.15, -0.1) is 11.3 Å². The lowest BCUT2D eigenvalue weighted by Crippen LogP contribution is -2.59. The monoisotopic (exact) mass is 323 g/mol. The molecule has 1 saturated carbocycles. The van der Waals surface area contributed by atoms with Crippen LogP contribution in [0.1, 0.15) is 37.1 Å². The number of likely N-dealkylation sites (tertiary alicyclic amines) is 1. The minimum atomic E-state index is -1.23. The van der Waals surface area contributed by atoms with Crippen LogP contribution < -0.4 is 0 Å². The highest BCUT2D eigenvalue weighted by Crippen LogP contribution is 2.30. The molecule has 0 spiro atoms. The fourth-order valence-electron chi connectivity index (χ4n) is 3.44. The van der Waals surface area contributed by atoms with E-state index in [9.17, 15) is 9.90 Å². The van der Waals surface area contributed by atoms with Crippen molar-refractivity contribution in [1.29, 1.82) is 0 Å². The molecule has 1 aromatic rings. The van der Waals surface area contributed by atoms with Gasteiger partial charge in [0.25, 0.3) is 5.91 Å². The minimum Gasteiger partial charge on any atom is -0.379 e. The summed E-state index contributed by atoms with van der Waals surface area (Å²) >= 11 is 1.60. The van der Waals surface area contributed by atoms with Crippen LogP contribution in [0.15, 0.2) is 11.6 Å². The van der Waals surface area contributed by atoms with Crippen LogP contribution in [0.4, 0.5) is 0 Å². The van der Waals surface area contributed by atoms with E-state index in [1.807, 2.05) is 22.2 Å². The number of piperidine rings is 1. The van der Waals surface area contributed by atoms with Crippen molar-refractivity contribution in [1.82, 2.24) is 14.8 Å². The summed E-state index contributed by atoms with van der Waals surface area (Å²) in [5.74, 6) is 0.580. The molecular weight excluding hydrogens is 298 g/mol. The third kappa shape index (κ3) is 3.50. The molecule has 0 radical (unpaired) electrons. The summed E-state index contributed by atoms with van der Waals surface area (Å²) in [6, 6.07) is 0. The summed E-state index contributed by atoms with van der Waals surface area (Å²) in [4.78, 5) is 20.9. The second-order valence-corrected chi connectivity index (χ2v) is 7.76. The van der Waals surface area contributed by atoms with Crippen molar-refractivity contribution in [3.05, 3.63) is 16.6 Å². The first kappa shape index (κ1) is 15.9. The number of amides is 1. The first-order valence-electron chi connectivity index (χ1n) is 8.15. The number of nitrogens with zero attached hydrogens (tertiary/aromatic N) is 3. The van der Waals surface area contributed by atoms with E-state index in [1.165, 1.54) is 19.3 Å². The third-order valence-electron chi connectivity index (χ3n) is 4.83. The van der Waals surface area contributed by atoms with E-state index >= 15 is 0 Å². The molecule has 2 heterocycles. The van der Waals surface area contributed by atoms with Crippen LogP contribution >= 0.6 is 11.3 Å². The quantitative estimate of drug-likeness (QED) is 0.866. The molecule has 1 unspecified atom stereocenters. The first-order chi connectivity index (χ1) is 10.6. The van der Waals surface area contributed by atoms with E-state index in [2.05, 4.69) is 4.98 Å². The van der Waals surface area contributed by atoms with Crippen LogP contribution in [0.5, 0.6) is 0 Å². The van der Waals surface area contributed by atoms with Gasteiger partial charge in [0.2, 0.25) is 0 Å². The van der Waals surface area contributed by atoms with E-state index in [0.29, 0.717) is 25.4 Å². The molecule has 1 atom stereocenters. The Morgan fingerprint density at radius 1 is 1.50 bits per heavy atom. The van der Waals surface area contributed by atoms with Gasteiger partial charge < -0.3 is 10.0 Å². The summed E-state index contributed by atoms with van der Waals surface area (Å²) in [7, 11) is 1.94. The van der Waals surface area contributed by atoms with Crippen molar-refractivity contribution >= 4 is 17.2 Å². The number of carbonyl (C=O) groups excluding carboxylic acids is 1. The zero-order chi connectivity index (χ0) is 15.6. The summed E-state index contributed by atoms with van der Waals surface area (Å²) in [6.07, 6.45) is 6.98. The van der Waals surface area contributed by atoms with Gasteiger partial charge in [0.1, 0.15) is 5.01 Å². The van der Waals surface area contributed by atoms with Crippen LogP contribution in [0.2, 0.25) is 0 Å². The van der Waals surface area contributed by atoms with Gasteiger partial charge in [-0.1, -0.05) is 6.42 Å². The van der Waals surface area contributed by atoms with Gasteiger partial charge in [0, 0.05) is 31.2 Å². The predicted molar refractivity (Wildman–Crippen MR) is 86.6 cm³/mol. The number of aliphatic hydroxyl groups is 1. The molecule has 0 bridgehead atoms. The smallest absolute Gasteiger partial charge is 0.255 e. The molecule has 3 rings (SSSR count). The second kappa shape index (κ2) is 6.64. The van der Waals surface area contributed by atoms with Crippen molar-refractivity contribution < 1.29 is 9.90 Å². The summed E-state index contributed by atoms with van der Waals surface area (Å²) < 4.78 is 0. The van der Waals surface area contributed by atoms with Gasteiger partial charge in [0.15, 0.2) is 5.60 Å². The number of rotatable bonds is 6. The Bertz CT molecular complexity index is 503. The Hall–Kier alpha value is -0.980. The second-order valence-electron chi connectivity index (χ2n) is 6.78. The van der Waals surface area contributed by atoms with Crippen LogP contribution in [-0.4, -0.2) is 58.1 Å². The first-order valence-corrected chi connectivity index (χ1v) is 9.03. The summed E-state index contributed by atoms with van der Waals surface area (Å²) in [6.45, 7) is 2.69. The molecule has 1 amide bonds. The van der Waals surface area contributed by atoms with Gasteiger partial charge in [-0.2, -0.15) is 0 Å². The average Bonchev–Trinajstić information content (AvgIpc) is 2.91. The topological polar surface area (TPSA) is 56.7 Å². The molecule has 5 nitrogen and oxygen atoms in total. The van der Waals surface area contributed by atoms with Crippen molar-refractivity contribution in [2.75, 3.05) is 26.7 Å². The zero-order valence-corrected chi connectivity index (χ0v) is 14.0. The van der Waals surface area contributed by atoms with Crippen LogP contribution in [-0.2, 0) is 11.3 Å². The van der Waals surface area contributed by atoms with Gasteiger partial charge in [-0.25, -0.2) is 4.98 Å². The van der Waals surface area contributed by atoms with Crippen molar-refractivity contribution in [2.45, 2.75) is 44.2 Å². The van der Waals surface area contributed by atoms with Crippen LogP contribution in [0.3, 0.4) is 0 Å². The minimum absolute atomic E-state index is 0.0726. The maximum absolute atomic E-state index is 12.7. The summed E-state index contributed by atoms with van der Waals surface area (Å²) in [5.41, 5.74) is -1.23. The lowest BCUT2D eigenvalue weighted by molar-refractivity contribution is -0.160. The van der Waals surface area contributed by atoms with E-state index < -0.39 is 5.60 Å². The Labute approximate surface area is 135 Å². The van der Waals surface area contributed by atoms with Gasteiger partial charge >= 0.3 is 0 Å². The largest absolute Gasteiger partial charge is 0.379 e. The molecule has 1 aliphatic heterocycles. The lowest BCUT2D eigenvalue weighted by atomic mass is 9.83. The summed E-state index contributed by atoms with van der Waals surface area (Å²) in [5, 5.41) is 13.8. The van der Waals surface area contributed by atoms with Gasteiger partial charge in [-0.3, -0.25) is 9.69 Å². The predicted octanol–water partition coefficient (Wildman–Crippen LogP) is 1.73. The van der Waals surface area contributed by atoms with Crippen molar-refractivity contribution in [2.24, 2.45) is 5.92 Å². The molecule has 0 aromatic carbocycles. The highest BCUT2D eigenvalue weighted by atomic mass is 32.1. The van der Waals surface area contributed by atoms with Gasteiger partial charge in [0.05, 0.1) is 6.54 Å². The molecule has 6 heteroatoms. The number of likely N-dealkylation sites (N-methyl/N-ethyl adjacent to an activating group) is 1. The molecule has 2 aliphatic rings. The number of hydrogen-bond donors (Lipinski definition) is 1. The molecule has 1 aromatic heterocycles. The normalized spacial score (nSPS) is 26.5. The van der Waals surface area contributed by atoms with E-state index in [0.717, 1.165) is 24.5 Å². The average molecular weight is 323 g/mol. The Morgan fingerprint density at radius 2 is 2.32 bits per heavy atom. The fourth-order valence-corrected chi connectivity index (χ4v) is 4.13. The lowest BCUT2D eigenvalue weighted by Gasteiger charge is -2.42. The number of hydrogen-bond acceptors (Lipinski definition) is 5. The van der Waals surface area contributed by atoms with Crippen molar-refractivity contribution in [3.63, 3.8) is 0 Å². The van der Waals surface area contributed by atoms with Crippen LogP contribution in [0.25, 0.3) is 0 Å². The fraction of sp³-hybridized carbons (Fsp3) is 0.750. The third-order valence-corrected chi connectivity index (χ3v) is 5.59. The number of carbonyl (C=O) groups is 1. The van der Waals surface area contributed by atoms with E-state index in [4.69, 9.17) is 0 Å². The highest BCUT2D eigenvalue weighted by molar-refractivity contribution is 7.09. The molecule has 2 fully saturated rings. The van der Waals surface area contributed by atoms with Crippen LogP contribution in [0, 0.1) is 5.92 Å². The molecular formula is C16H25N3O2S. The molecule has 1 aliphatic carbocycles. The molecule has 22 heavy (non-hydrogen) atoms. The van der Waals surface area contributed by atoms with Gasteiger partial charge in [-0.05, 0) is 38.6 Å². The molecule has 122 valence electrons. The zero-order valence-electron chi connectivity index (χ0n) is 13.2. The van der Waals surface area contributed by atoms with E-state index in [1.54, 1.807) is 17.5 Å². The molecule has 1 N–H and O–H groups in total. The van der Waals surface area contributed by atoms with Crippen molar-refractivity contribution in [3.8, 4) is 0 Å². The number of aromatic nitrogens is 1. The maximum Gasteiger partial charge on any atom is 0.255 e. The standard InChI is InChI=1S/C16H25N3O2S/c1-18(11-14-17-7-9-22-14)12-16(21)6-3-8-19(15(16)20)10-13-4-2-5-13/h7,9,13,21H,2-6,8,10-12H2,1H3. The molecule has 1 saturated heterocycles. The van der Waals surface area contributed by atoms with E-state index in [-0.39, 0.29) is 5.91 Å². The SMILES string of the molecule is CN(Cc1nccs1)CC1(O)CCCN(CC2CCC2)C1=O. The maximum atomic E-state index is 12.7. The Balaban J connectivity index is 1.58. The number of thiazole rings is 1.